The van der Waals surface area contributed by atoms with Crippen molar-refractivity contribution in [2.24, 2.45) is 5.16 Å². The van der Waals surface area contributed by atoms with E-state index >= 15 is 0 Å². The SMILES string of the molecule is CC(C)(C)OC(=O)CON=C(C(=O)O)c1nsc(N)n1. The minimum atomic E-state index is -1.40. The number of carboxylic acids is 1. The van der Waals surface area contributed by atoms with Gasteiger partial charge >= 0.3 is 11.9 Å². The number of esters is 1. The Kier molecular flexibility index (Phi) is 4.97. The Balaban J connectivity index is 2.66. The Morgan fingerprint density at radius 2 is 2.10 bits per heavy atom. The third kappa shape index (κ3) is 5.18. The van der Waals surface area contributed by atoms with Crippen molar-refractivity contribution in [2.45, 2.75) is 26.4 Å². The molecular formula is C10H14N4O5S. The van der Waals surface area contributed by atoms with Crippen molar-refractivity contribution in [2.75, 3.05) is 12.3 Å². The molecule has 0 radical (unpaired) electrons. The average molecular weight is 302 g/mol. The zero-order valence-electron chi connectivity index (χ0n) is 11.1. The van der Waals surface area contributed by atoms with Gasteiger partial charge in [-0.05, 0) is 20.8 Å². The van der Waals surface area contributed by atoms with Gasteiger partial charge in [-0.1, -0.05) is 5.16 Å². The topological polar surface area (TPSA) is 137 Å². The maximum atomic E-state index is 11.3. The molecular weight excluding hydrogens is 288 g/mol. The highest BCUT2D eigenvalue weighted by atomic mass is 32.1. The van der Waals surface area contributed by atoms with Gasteiger partial charge < -0.3 is 20.4 Å². The van der Waals surface area contributed by atoms with Crippen LogP contribution in [0.25, 0.3) is 0 Å². The highest BCUT2D eigenvalue weighted by Gasteiger charge is 2.20. The summed E-state index contributed by atoms with van der Waals surface area (Å²) in [4.78, 5) is 30.6. The molecule has 10 heteroatoms. The van der Waals surface area contributed by atoms with E-state index in [-0.39, 0.29) is 11.0 Å². The van der Waals surface area contributed by atoms with Crippen LogP contribution in [0.5, 0.6) is 0 Å². The Morgan fingerprint density at radius 1 is 1.45 bits per heavy atom. The smallest absolute Gasteiger partial charge is 0.362 e. The number of anilines is 1. The number of nitrogen functional groups attached to an aromatic ring is 1. The minimum Gasteiger partial charge on any atom is -0.476 e. The van der Waals surface area contributed by atoms with Crippen LogP contribution >= 0.6 is 11.5 Å². The first-order valence-electron chi connectivity index (χ1n) is 5.43. The lowest BCUT2D eigenvalue weighted by Crippen LogP contribution is -2.26. The zero-order chi connectivity index (χ0) is 15.3. The second-order valence-electron chi connectivity index (χ2n) is 4.56. The molecule has 110 valence electrons. The maximum Gasteiger partial charge on any atom is 0.362 e. The molecule has 0 unspecified atom stereocenters. The number of hydrogen-bond donors (Lipinski definition) is 2. The van der Waals surface area contributed by atoms with Crippen molar-refractivity contribution in [1.82, 2.24) is 9.36 Å². The zero-order valence-corrected chi connectivity index (χ0v) is 11.9. The Labute approximate surface area is 118 Å². The summed E-state index contributed by atoms with van der Waals surface area (Å²) in [6, 6.07) is 0. The van der Waals surface area contributed by atoms with Gasteiger partial charge in [-0.3, -0.25) is 0 Å². The number of hydrogen-bond acceptors (Lipinski definition) is 9. The number of aromatic nitrogens is 2. The first-order chi connectivity index (χ1) is 9.19. The van der Waals surface area contributed by atoms with Crippen molar-refractivity contribution >= 4 is 34.3 Å². The van der Waals surface area contributed by atoms with Crippen LogP contribution in [0, 0.1) is 0 Å². The van der Waals surface area contributed by atoms with Crippen LogP contribution in [0.3, 0.4) is 0 Å². The molecule has 0 atom stereocenters. The number of carbonyl (C=O) groups is 2. The second-order valence-corrected chi connectivity index (χ2v) is 5.34. The molecule has 0 aliphatic carbocycles. The lowest BCUT2D eigenvalue weighted by atomic mass is 10.2. The van der Waals surface area contributed by atoms with Crippen LogP contribution in [0.1, 0.15) is 26.6 Å². The first-order valence-corrected chi connectivity index (χ1v) is 6.21. The molecule has 0 amide bonds. The molecule has 0 fully saturated rings. The summed E-state index contributed by atoms with van der Waals surface area (Å²) in [7, 11) is 0. The quantitative estimate of drug-likeness (QED) is 0.449. The Morgan fingerprint density at radius 3 is 2.55 bits per heavy atom. The number of oxime groups is 1. The monoisotopic (exact) mass is 302 g/mol. The highest BCUT2D eigenvalue weighted by Crippen LogP contribution is 2.08. The number of nitrogens with two attached hydrogens (primary N) is 1. The average Bonchev–Trinajstić information content (AvgIpc) is 2.68. The van der Waals surface area contributed by atoms with E-state index in [4.69, 9.17) is 15.6 Å². The van der Waals surface area contributed by atoms with Gasteiger partial charge in [0.25, 0.3) is 0 Å². The van der Waals surface area contributed by atoms with E-state index in [1.165, 1.54) is 0 Å². The van der Waals surface area contributed by atoms with Gasteiger partial charge in [0.1, 0.15) is 5.60 Å². The normalized spacial score (nSPS) is 12.1. The standard InChI is InChI=1S/C10H14N4O5S/c1-10(2,3)19-5(15)4-18-13-6(8(16)17)7-12-9(11)20-14-7/h4H2,1-3H3,(H,16,17)(H2,11,12,14). The number of aliphatic carboxylic acids is 1. The van der Waals surface area contributed by atoms with Crippen molar-refractivity contribution in [3.63, 3.8) is 0 Å². The van der Waals surface area contributed by atoms with Crippen LogP contribution in [0.2, 0.25) is 0 Å². The van der Waals surface area contributed by atoms with E-state index in [0.717, 1.165) is 11.5 Å². The van der Waals surface area contributed by atoms with Gasteiger partial charge in [0, 0.05) is 11.5 Å². The van der Waals surface area contributed by atoms with E-state index in [1.807, 2.05) is 0 Å². The summed E-state index contributed by atoms with van der Waals surface area (Å²) >= 11 is 0.823. The van der Waals surface area contributed by atoms with Crippen molar-refractivity contribution < 1.29 is 24.3 Å². The fourth-order valence-corrected chi connectivity index (χ4v) is 1.46. The number of ether oxygens (including phenoxy) is 1. The van der Waals surface area contributed by atoms with Gasteiger partial charge in [0.05, 0.1) is 0 Å². The lowest BCUT2D eigenvalue weighted by molar-refractivity contribution is -0.160. The predicted octanol–water partition coefficient (Wildman–Crippen LogP) is 0.267. The number of carboxylic acid groups (broad SMARTS) is 1. The Hall–Kier alpha value is -2.23. The van der Waals surface area contributed by atoms with Crippen LogP contribution in [0.15, 0.2) is 5.16 Å². The number of rotatable bonds is 5. The molecule has 3 N–H and O–H groups in total. The molecule has 0 saturated carbocycles. The number of nitrogens with zero attached hydrogens (tertiary/aromatic N) is 3. The van der Waals surface area contributed by atoms with Crippen molar-refractivity contribution in [3.8, 4) is 0 Å². The van der Waals surface area contributed by atoms with Crippen LogP contribution in [0.4, 0.5) is 5.13 Å². The maximum absolute atomic E-state index is 11.3. The van der Waals surface area contributed by atoms with E-state index < -0.39 is 29.9 Å². The summed E-state index contributed by atoms with van der Waals surface area (Å²) in [5.74, 6) is -2.24. The van der Waals surface area contributed by atoms with Gasteiger partial charge in [-0.25, -0.2) is 9.59 Å². The molecule has 9 nitrogen and oxygen atoms in total. The Bertz CT molecular complexity index is 534. The van der Waals surface area contributed by atoms with Gasteiger partial charge in [-0.2, -0.15) is 9.36 Å². The summed E-state index contributed by atoms with van der Waals surface area (Å²) in [5, 5.41) is 12.4. The molecule has 0 aliphatic heterocycles. The molecule has 1 aromatic rings. The molecule has 1 heterocycles. The molecule has 0 bridgehead atoms. The van der Waals surface area contributed by atoms with Crippen LogP contribution < -0.4 is 5.73 Å². The third-order valence-electron chi connectivity index (χ3n) is 1.61. The molecule has 0 aromatic carbocycles. The fourth-order valence-electron chi connectivity index (χ4n) is 1.03. The number of carbonyl (C=O) groups excluding carboxylic acids is 1. The van der Waals surface area contributed by atoms with E-state index in [0.29, 0.717) is 0 Å². The molecule has 0 spiro atoms. The molecule has 0 aliphatic rings. The van der Waals surface area contributed by atoms with Gasteiger partial charge in [-0.15, -0.1) is 0 Å². The first kappa shape index (κ1) is 15.8. The van der Waals surface area contributed by atoms with E-state index in [9.17, 15) is 9.59 Å². The van der Waals surface area contributed by atoms with Gasteiger partial charge in [0.2, 0.25) is 18.1 Å². The van der Waals surface area contributed by atoms with Crippen molar-refractivity contribution in [1.29, 1.82) is 0 Å². The molecule has 1 rings (SSSR count). The highest BCUT2D eigenvalue weighted by molar-refractivity contribution is 7.09. The summed E-state index contributed by atoms with van der Waals surface area (Å²) in [6.45, 7) is 4.56. The molecule has 1 aromatic heterocycles. The summed E-state index contributed by atoms with van der Waals surface area (Å²) in [5.41, 5.74) is 4.14. The molecule has 20 heavy (non-hydrogen) atoms. The van der Waals surface area contributed by atoms with E-state index in [2.05, 4.69) is 19.4 Å². The van der Waals surface area contributed by atoms with Crippen molar-refractivity contribution in [3.05, 3.63) is 5.82 Å². The largest absolute Gasteiger partial charge is 0.476 e. The summed E-state index contributed by atoms with van der Waals surface area (Å²) in [6.07, 6.45) is 0. The van der Waals surface area contributed by atoms with Crippen LogP contribution in [-0.4, -0.2) is 44.3 Å². The van der Waals surface area contributed by atoms with E-state index in [1.54, 1.807) is 20.8 Å². The van der Waals surface area contributed by atoms with Crippen LogP contribution in [-0.2, 0) is 19.2 Å². The second kappa shape index (κ2) is 6.28. The predicted molar refractivity (Wildman–Crippen MR) is 70.3 cm³/mol. The minimum absolute atomic E-state index is 0.0982. The molecule has 0 saturated heterocycles. The fraction of sp³-hybridized carbons (Fsp3) is 0.500. The van der Waals surface area contributed by atoms with Gasteiger partial charge in [0.15, 0.2) is 5.13 Å². The summed E-state index contributed by atoms with van der Waals surface area (Å²) < 4.78 is 8.65. The lowest BCUT2D eigenvalue weighted by Gasteiger charge is -2.18. The third-order valence-corrected chi connectivity index (χ3v) is 2.16.